The smallest absolute Gasteiger partial charge is 0.345 e. The number of halogens is 3. The zero-order valence-electron chi connectivity index (χ0n) is 15.2. The Bertz CT molecular complexity index is 927. The molecule has 7 heteroatoms. The first-order valence-corrected chi connectivity index (χ1v) is 8.47. The van der Waals surface area contributed by atoms with Gasteiger partial charge in [-0.3, -0.25) is 9.48 Å². The molecule has 0 saturated carbocycles. The number of allylic oxidation sites excluding steroid dienone is 2. The molecule has 2 unspecified atom stereocenters. The van der Waals surface area contributed by atoms with E-state index in [1.807, 2.05) is 50.3 Å². The summed E-state index contributed by atoms with van der Waals surface area (Å²) in [4.78, 5) is 12.7. The van der Waals surface area contributed by atoms with Crippen LogP contribution in [0.3, 0.4) is 0 Å². The van der Waals surface area contributed by atoms with Crippen molar-refractivity contribution in [2.75, 3.05) is 0 Å². The van der Waals surface area contributed by atoms with Gasteiger partial charge in [0.15, 0.2) is 5.69 Å². The van der Waals surface area contributed by atoms with Gasteiger partial charge >= 0.3 is 6.18 Å². The van der Waals surface area contributed by atoms with Crippen LogP contribution in [0.4, 0.5) is 13.2 Å². The van der Waals surface area contributed by atoms with Crippen LogP contribution in [-0.4, -0.2) is 21.7 Å². The third-order valence-electron chi connectivity index (χ3n) is 4.86. The Morgan fingerprint density at radius 1 is 1.26 bits per heavy atom. The van der Waals surface area contributed by atoms with Gasteiger partial charge in [0.25, 0.3) is 5.91 Å². The summed E-state index contributed by atoms with van der Waals surface area (Å²) in [7, 11) is 1.35. The number of aryl methyl sites for hydroxylation is 2. The molecule has 3 rings (SSSR count). The number of alkyl halides is 3. The number of carbonyl (C=O) groups excluding carboxylic acids is 1. The first kappa shape index (κ1) is 18.9. The summed E-state index contributed by atoms with van der Waals surface area (Å²) >= 11 is 0. The molecule has 0 radical (unpaired) electrons. The molecule has 2 atom stereocenters. The van der Waals surface area contributed by atoms with Crippen LogP contribution in [0.1, 0.15) is 34.1 Å². The molecule has 0 fully saturated rings. The second kappa shape index (κ2) is 6.72. The number of hydrogen-bond acceptors (Lipinski definition) is 2. The molecule has 142 valence electrons. The van der Waals surface area contributed by atoms with Crippen molar-refractivity contribution < 1.29 is 18.0 Å². The van der Waals surface area contributed by atoms with Gasteiger partial charge in [0.05, 0.1) is 11.6 Å². The maximum Gasteiger partial charge on any atom is 0.435 e. The van der Waals surface area contributed by atoms with Crippen molar-refractivity contribution in [3.8, 4) is 0 Å². The van der Waals surface area contributed by atoms with Gasteiger partial charge in [-0.2, -0.15) is 18.3 Å². The van der Waals surface area contributed by atoms with Gasteiger partial charge in [0, 0.05) is 18.7 Å². The standard InChI is InChI=1S/C20H20F3N3O/c1-13-8-4-5-9-15(13)19(2)11-7-6-10-16(19)24-18(27)14-12-26(3)25-17(14)20(21,22)23/h4-12,16H,1-3H3,(H,24,27). The van der Waals surface area contributed by atoms with Crippen LogP contribution < -0.4 is 5.32 Å². The topological polar surface area (TPSA) is 46.9 Å². The number of rotatable bonds is 3. The normalized spacial score (nSPS) is 22.1. The molecule has 1 aliphatic rings. The highest BCUT2D eigenvalue weighted by atomic mass is 19.4. The fraction of sp³-hybridized carbons (Fsp3) is 0.300. The minimum atomic E-state index is -4.70. The van der Waals surface area contributed by atoms with Gasteiger partial charge in [-0.05, 0) is 25.0 Å². The quantitative estimate of drug-likeness (QED) is 0.884. The lowest BCUT2D eigenvalue weighted by Gasteiger charge is -2.37. The van der Waals surface area contributed by atoms with Gasteiger partial charge in [0.1, 0.15) is 0 Å². The number of nitrogens with zero attached hydrogens (tertiary/aromatic N) is 2. The molecule has 2 aromatic rings. The Labute approximate surface area is 155 Å². The number of carbonyl (C=O) groups is 1. The molecular weight excluding hydrogens is 355 g/mol. The Hall–Kier alpha value is -2.83. The second-order valence-corrected chi connectivity index (χ2v) is 6.86. The molecule has 0 spiro atoms. The van der Waals surface area contributed by atoms with Gasteiger partial charge in [-0.25, -0.2) is 0 Å². The second-order valence-electron chi connectivity index (χ2n) is 6.86. The lowest BCUT2D eigenvalue weighted by atomic mass is 9.72. The van der Waals surface area contributed by atoms with Crippen LogP contribution >= 0.6 is 0 Å². The van der Waals surface area contributed by atoms with Crippen LogP contribution in [0.25, 0.3) is 0 Å². The molecule has 1 aromatic carbocycles. The first-order chi connectivity index (χ1) is 12.6. The predicted molar refractivity (Wildman–Crippen MR) is 96.3 cm³/mol. The van der Waals surface area contributed by atoms with Crippen LogP contribution in [0.2, 0.25) is 0 Å². The Balaban J connectivity index is 1.95. The van der Waals surface area contributed by atoms with E-state index in [9.17, 15) is 18.0 Å². The zero-order valence-corrected chi connectivity index (χ0v) is 15.2. The van der Waals surface area contributed by atoms with Crippen molar-refractivity contribution >= 4 is 5.91 Å². The van der Waals surface area contributed by atoms with Crippen molar-refractivity contribution in [3.63, 3.8) is 0 Å². The Kier molecular flexibility index (Phi) is 4.71. The van der Waals surface area contributed by atoms with Gasteiger partial charge < -0.3 is 5.32 Å². The summed E-state index contributed by atoms with van der Waals surface area (Å²) < 4.78 is 40.6. The molecule has 1 N–H and O–H groups in total. The van der Waals surface area contributed by atoms with E-state index in [-0.39, 0.29) is 0 Å². The number of nitrogens with one attached hydrogen (secondary N) is 1. The minimum Gasteiger partial charge on any atom is -0.345 e. The summed E-state index contributed by atoms with van der Waals surface area (Å²) in [5.74, 6) is -0.805. The van der Waals surface area contributed by atoms with E-state index in [4.69, 9.17) is 0 Å². The average Bonchev–Trinajstić information content (AvgIpc) is 3.00. The lowest BCUT2D eigenvalue weighted by Crippen LogP contribution is -2.48. The summed E-state index contributed by atoms with van der Waals surface area (Å²) in [5.41, 5.74) is -0.221. The van der Waals surface area contributed by atoms with E-state index in [0.717, 1.165) is 22.0 Å². The van der Waals surface area contributed by atoms with E-state index in [1.54, 1.807) is 12.2 Å². The van der Waals surface area contributed by atoms with Crippen molar-refractivity contribution in [1.82, 2.24) is 15.1 Å². The van der Waals surface area contributed by atoms with Crippen molar-refractivity contribution in [2.24, 2.45) is 7.05 Å². The molecule has 1 aromatic heterocycles. The third kappa shape index (κ3) is 3.54. The SMILES string of the molecule is Cc1ccccc1C1(C)C=CC=CC1NC(=O)c1cn(C)nc1C(F)(F)F. The van der Waals surface area contributed by atoms with Crippen LogP contribution in [0.5, 0.6) is 0 Å². The van der Waals surface area contributed by atoms with Crippen LogP contribution in [0.15, 0.2) is 54.8 Å². The van der Waals surface area contributed by atoms with Gasteiger partial charge in [-0.1, -0.05) is 48.6 Å². The third-order valence-corrected chi connectivity index (χ3v) is 4.86. The van der Waals surface area contributed by atoms with E-state index in [2.05, 4.69) is 10.4 Å². The lowest BCUT2D eigenvalue weighted by molar-refractivity contribution is -0.141. The van der Waals surface area contributed by atoms with Crippen molar-refractivity contribution in [3.05, 3.63) is 77.2 Å². The van der Waals surface area contributed by atoms with E-state index < -0.39 is 34.8 Å². The number of hydrogen-bond donors (Lipinski definition) is 1. The van der Waals surface area contributed by atoms with E-state index in [1.165, 1.54) is 7.05 Å². The molecule has 1 heterocycles. The molecule has 4 nitrogen and oxygen atoms in total. The highest BCUT2D eigenvalue weighted by Gasteiger charge is 2.41. The first-order valence-electron chi connectivity index (χ1n) is 8.47. The maximum atomic E-state index is 13.2. The van der Waals surface area contributed by atoms with Gasteiger partial charge in [0.2, 0.25) is 0 Å². The summed E-state index contributed by atoms with van der Waals surface area (Å²) in [5, 5.41) is 6.15. The minimum absolute atomic E-state index is 0.486. The zero-order chi connectivity index (χ0) is 19.8. The summed E-state index contributed by atoms with van der Waals surface area (Å²) in [6.07, 6.45) is 3.78. The highest BCUT2D eigenvalue weighted by Crippen LogP contribution is 2.35. The largest absolute Gasteiger partial charge is 0.435 e. The molecular formula is C20H20F3N3O. The molecule has 1 amide bonds. The number of aromatic nitrogens is 2. The molecule has 1 aliphatic carbocycles. The molecule has 0 bridgehead atoms. The van der Waals surface area contributed by atoms with Crippen molar-refractivity contribution in [1.29, 1.82) is 0 Å². The summed E-state index contributed by atoms with van der Waals surface area (Å²) in [6.45, 7) is 3.92. The fourth-order valence-electron chi connectivity index (χ4n) is 3.45. The number of amides is 1. The number of benzene rings is 1. The molecule has 0 saturated heterocycles. The Morgan fingerprint density at radius 3 is 2.63 bits per heavy atom. The van der Waals surface area contributed by atoms with Crippen LogP contribution in [-0.2, 0) is 18.6 Å². The average molecular weight is 375 g/mol. The molecule has 0 aliphatic heterocycles. The van der Waals surface area contributed by atoms with E-state index in [0.29, 0.717) is 0 Å². The highest BCUT2D eigenvalue weighted by molar-refractivity contribution is 5.95. The predicted octanol–water partition coefficient (Wildman–Crippen LogP) is 3.93. The maximum absolute atomic E-state index is 13.2. The monoisotopic (exact) mass is 375 g/mol. The Morgan fingerprint density at radius 2 is 1.96 bits per heavy atom. The van der Waals surface area contributed by atoms with Crippen LogP contribution in [0, 0.1) is 6.92 Å². The summed E-state index contributed by atoms with van der Waals surface area (Å²) in [6, 6.07) is 7.25. The molecule has 27 heavy (non-hydrogen) atoms. The van der Waals surface area contributed by atoms with E-state index >= 15 is 0 Å². The fourth-order valence-corrected chi connectivity index (χ4v) is 3.45. The van der Waals surface area contributed by atoms with Gasteiger partial charge in [-0.15, -0.1) is 0 Å². The van der Waals surface area contributed by atoms with Crippen molar-refractivity contribution in [2.45, 2.75) is 31.5 Å².